The van der Waals surface area contributed by atoms with Crippen LogP contribution in [0.15, 0.2) is 53.7 Å². The standard InChI is InChI=1S/C20H21ClN4O3S/c1-13(28-16-10-6-4-8-14(16)21)19-23-24-20(25(19)2)29-12-18(26)22-15-9-5-7-11-17(15)27-3/h4-11,13H,12H2,1-3H3,(H,22,26)/t13-/m0/s1. The van der Waals surface area contributed by atoms with Gasteiger partial charge in [-0.1, -0.05) is 47.6 Å². The third-order valence-electron chi connectivity index (χ3n) is 4.09. The van der Waals surface area contributed by atoms with Crippen LogP contribution in [-0.4, -0.2) is 33.5 Å². The topological polar surface area (TPSA) is 78.3 Å². The highest BCUT2D eigenvalue weighted by Gasteiger charge is 2.19. The third kappa shape index (κ3) is 5.21. The highest BCUT2D eigenvalue weighted by Crippen LogP contribution is 2.29. The Hall–Kier alpha value is -2.71. The largest absolute Gasteiger partial charge is 0.495 e. The molecule has 0 radical (unpaired) electrons. The van der Waals surface area contributed by atoms with Gasteiger partial charge in [0.15, 0.2) is 17.1 Å². The van der Waals surface area contributed by atoms with Gasteiger partial charge in [-0.15, -0.1) is 10.2 Å². The molecule has 9 heteroatoms. The van der Waals surface area contributed by atoms with E-state index in [1.165, 1.54) is 11.8 Å². The molecule has 0 saturated carbocycles. The molecule has 152 valence electrons. The van der Waals surface area contributed by atoms with Gasteiger partial charge in [0.2, 0.25) is 5.91 Å². The summed E-state index contributed by atoms with van der Waals surface area (Å²) in [5.74, 6) is 1.85. The van der Waals surface area contributed by atoms with Crippen LogP contribution >= 0.6 is 23.4 Å². The highest BCUT2D eigenvalue weighted by atomic mass is 35.5. The lowest BCUT2D eigenvalue weighted by Gasteiger charge is -2.15. The molecule has 3 aromatic rings. The summed E-state index contributed by atoms with van der Waals surface area (Å²) in [4.78, 5) is 12.3. The maximum atomic E-state index is 12.3. The number of nitrogens with one attached hydrogen (secondary N) is 1. The summed E-state index contributed by atoms with van der Waals surface area (Å²) in [5, 5.41) is 12.4. The molecule has 2 aromatic carbocycles. The van der Waals surface area contributed by atoms with Gasteiger partial charge in [-0.25, -0.2) is 0 Å². The normalized spacial score (nSPS) is 11.7. The molecule has 0 aliphatic rings. The van der Waals surface area contributed by atoms with Gasteiger partial charge in [-0.05, 0) is 31.2 Å². The van der Waals surface area contributed by atoms with Crippen molar-refractivity contribution < 1.29 is 14.3 Å². The number of ether oxygens (including phenoxy) is 2. The molecule has 29 heavy (non-hydrogen) atoms. The molecule has 0 unspecified atom stereocenters. The average molecular weight is 433 g/mol. The van der Waals surface area contributed by atoms with Crippen LogP contribution in [0.4, 0.5) is 5.69 Å². The number of aromatic nitrogens is 3. The van der Waals surface area contributed by atoms with Crippen molar-refractivity contribution in [3.63, 3.8) is 0 Å². The zero-order chi connectivity index (χ0) is 20.8. The fourth-order valence-corrected chi connectivity index (χ4v) is 3.55. The van der Waals surface area contributed by atoms with E-state index < -0.39 is 0 Å². The van der Waals surface area contributed by atoms with E-state index in [2.05, 4.69) is 15.5 Å². The van der Waals surface area contributed by atoms with Gasteiger partial charge in [0.1, 0.15) is 11.5 Å². The van der Waals surface area contributed by atoms with Crippen LogP contribution in [0.1, 0.15) is 18.9 Å². The van der Waals surface area contributed by atoms with E-state index in [1.807, 2.05) is 42.8 Å². The average Bonchev–Trinajstić information content (AvgIpc) is 3.09. The number of benzene rings is 2. The minimum Gasteiger partial charge on any atom is -0.495 e. The number of halogens is 1. The lowest BCUT2D eigenvalue weighted by molar-refractivity contribution is -0.113. The number of rotatable bonds is 8. The summed E-state index contributed by atoms with van der Waals surface area (Å²) in [7, 11) is 3.40. The fourth-order valence-electron chi connectivity index (χ4n) is 2.65. The summed E-state index contributed by atoms with van der Waals surface area (Å²) >= 11 is 7.44. The SMILES string of the molecule is COc1ccccc1NC(=O)CSc1nnc([C@H](C)Oc2ccccc2Cl)n1C. The van der Waals surface area contributed by atoms with Gasteiger partial charge in [0.25, 0.3) is 0 Å². The Balaban J connectivity index is 1.60. The van der Waals surface area contributed by atoms with Gasteiger partial charge < -0.3 is 19.4 Å². The van der Waals surface area contributed by atoms with Crippen LogP contribution in [0.25, 0.3) is 0 Å². The number of nitrogens with zero attached hydrogens (tertiary/aromatic N) is 3. The first-order chi connectivity index (χ1) is 14.0. The van der Waals surface area contributed by atoms with Crippen molar-refractivity contribution in [2.75, 3.05) is 18.2 Å². The number of methoxy groups -OCH3 is 1. The van der Waals surface area contributed by atoms with Crippen LogP contribution in [0, 0.1) is 0 Å². The molecule has 1 heterocycles. The van der Waals surface area contributed by atoms with Crippen molar-refractivity contribution in [1.82, 2.24) is 14.8 Å². The Labute approximate surface area is 178 Å². The zero-order valence-corrected chi connectivity index (χ0v) is 17.8. The first-order valence-corrected chi connectivity index (χ1v) is 10.2. The number of thioether (sulfide) groups is 1. The van der Waals surface area contributed by atoms with Crippen molar-refractivity contribution in [3.05, 3.63) is 59.4 Å². The second-order valence-corrected chi connectivity index (χ2v) is 7.48. The van der Waals surface area contributed by atoms with Gasteiger partial charge in [-0.3, -0.25) is 4.79 Å². The van der Waals surface area contributed by atoms with E-state index in [0.29, 0.717) is 33.2 Å². The molecule has 1 aromatic heterocycles. The summed E-state index contributed by atoms with van der Waals surface area (Å²) < 4.78 is 12.9. The number of carbonyl (C=O) groups is 1. The lowest BCUT2D eigenvalue weighted by Crippen LogP contribution is -2.15. The molecule has 1 amide bonds. The van der Waals surface area contributed by atoms with Crippen LogP contribution in [0.2, 0.25) is 5.02 Å². The van der Waals surface area contributed by atoms with Gasteiger partial charge >= 0.3 is 0 Å². The predicted molar refractivity (Wildman–Crippen MR) is 114 cm³/mol. The number of anilines is 1. The maximum absolute atomic E-state index is 12.3. The number of amides is 1. The zero-order valence-electron chi connectivity index (χ0n) is 16.3. The second-order valence-electron chi connectivity index (χ2n) is 6.13. The van der Waals surface area contributed by atoms with Crippen molar-refractivity contribution in [2.24, 2.45) is 7.05 Å². The predicted octanol–water partition coefficient (Wildman–Crippen LogP) is 4.35. The van der Waals surface area contributed by atoms with Gasteiger partial charge in [0.05, 0.1) is 23.6 Å². The van der Waals surface area contributed by atoms with E-state index in [9.17, 15) is 4.79 Å². The Morgan fingerprint density at radius 1 is 1.17 bits per heavy atom. The molecule has 3 rings (SSSR count). The Morgan fingerprint density at radius 2 is 1.86 bits per heavy atom. The Morgan fingerprint density at radius 3 is 2.59 bits per heavy atom. The molecule has 0 saturated heterocycles. The second kappa shape index (κ2) is 9.67. The summed E-state index contributed by atoms with van der Waals surface area (Å²) in [6.45, 7) is 1.87. The minimum absolute atomic E-state index is 0.163. The molecule has 1 N–H and O–H groups in total. The number of carbonyl (C=O) groups excluding carboxylic acids is 1. The summed E-state index contributed by atoms with van der Waals surface area (Å²) in [5.41, 5.74) is 0.626. The van der Waals surface area contributed by atoms with Crippen LogP contribution in [0.3, 0.4) is 0 Å². The first-order valence-electron chi connectivity index (χ1n) is 8.85. The van der Waals surface area contributed by atoms with Crippen molar-refractivity contribution in [1.29, 1.82) is 0 Å². The molecule has 7 nitrogen and oxygen atoms in total. The van der Waals surface area contributed by atoms with Crippen LogP contribution in [0.5, 0.6) is 11.5 Å². The molecule has 0 aliphatic carbocycles. The smallest absolute Gasteiger partial charge is 0.234 e. The number of hydrogen-bond donors (Lipinski definition) is 1. The van der Waals surface area contributed by atoms with E-state index in [0.717, 1.165) is 0 Å². The molecule has 1 atom stereocenters. The number of para-hydroxylation sites is 3. The third-order valence-corrected chi connectivity index (χ3v) is 5.42. The Kier molecular flexibility index (Phi) is 7.00. The molecule has 0 bridgehead atoms. The molecule has 0 aliphatic heterocycles. The molecular weight excluding hydrogens is 412 g/mol. The fraction of sp³-hybridized carbons (Fsp3) is 0.250. The van der Waals surface area contributed by atoms with Gasteiger partial charge in [-0.2, -0.15) is 0 Å². The molecular formula is C20H21ClN4O3S. The maximum Gasteiger partial charge on any atom is 0.234 e. The van der Waals surface area contributed by atoms with Gasteiger partial charge in [0, 0.05) is 7.05 Å². The molecule has 0 fully saturated rings. The monoisotopic (exact) mass is 432 g/mol. The van der Waals surface area contributed by atoms with Crippen LogP contribution < -0.4 is 14.8 Å². The number of hydrogen-bond acceptors (Lipinski definition) is 6. The Bertz CT molecular complexity index is 995. The first kappa shape index (κ1) is 21.0. The van der Waals surface area contributed by atoms with Crippen molar-refractivity contribution in [3.8, 4) is 11.5 Å². The minimum atomic E-state index is -0.357. The highest BCUT2D eigenvalue weighted by molar-refractivity contribution is 7.99. The van der Waals surface area contributed by atoms with E-state index in [1.54, 1.807) is 31.4 Å². The summed E-state index contributed by atoms with van der Waals surface area (Å²) in [6, 6.07) is 14.5. The lowest BCUT2D eigenvalue weighted by atomic mass is 10.3. The quantitative estimate of drug-likeness (QED) is 0.533. The van der Waals surface area contributed by atoms with E-state index in [-0.39, 0.29) is 17.8 Å². The summed E-state index contributed by atoms with van der Waals surface area (Å²) in [6.07, 6.45) is -0.357. The van der Waals surface area contributed by atoms with E-state index in [4.69, 9.17) is 21.1 Å². The van der Waals surface area contributed by atoms with Crippen molar-refractivity contribution in [2.45, 2.75) is 18.2 Å². The van der Waals surface area contributed by atoms with E-state index >= 15 is 0 Å². The van der Waals surface area contributed by atoms with Crippen LogP contribution in [-0.2, 0) is 11.8 Å². The van der Waals surface area contributed by atoms with Crippen molar-refractivity contribution >= 4 is 35.0 Å². The molecule has 0 spiro atoms.